The molecule has 0 saturated carbocycles. The van der Waals surface area contributed by atoms with E-state index in [0.717, 1.165) is 12.2 Å². The van der Waals surface area contributed by atoms with Gasteiger partial charge in [0.2, 0.25) is 0 Å². The molecule has 0 aliphatic heterocycles. The number of hydrogen-bond donors (Lipinski definition) is 1. The van der Waals surface area contributed by atoms with Crippen LogP contribution in [0.1, 0.15) is 36.6 Å². The minimum absolute atomic E-state index is 0.212. The molecule has 2 aliphatic carbocycles. The number of fused-ring (bicyclic) bond motifs is 2. The Kier molecular flexibility index (Phi) is 3.51. The van der Waals surface area contributed by atoms with Crippen molar-refractivity contribution in [3.05, 3.63) is 99.9 Å². The first-order chi connectivity index (χ1) is 12.5. The van der Waals surface area contributed by atoms with E-state index < -0.39 is 23.2 Å². The first-order valence-corrected chi connectivity index (χ1v) is 7.83. The molecule has 0 atom stereocenters. The van der Waals surface area contributed by atoms with Crippen molar-refractivity contribution >= 4 is 23.1 Å². The topological polar surface area (TPSA) is 71.4 Å². The van der Waals surface area contributed by atoms with Crippen LogP contribution >= 0.6 is 0 Å². The van der Waals surface area contributed by atoms with Gasteiger partial charge in [0.25, 0.3) is 0 Å². The van der Waals surface area contributed by atoms with Gasteiger partial charge >= 0.3 is 0 Å². The molecule has 0 spiro atoms. The highest BCUT2D eigenvalue weighted by molar-refractivity contribution is 6.39. The SMILES string of the molecule is O=C1C(=C/C(F)=C/C2=C(O)c3ccccc3C2=O)C(=O)c2ccccc21. The molecular weight excluding hydrogens is 335 g/mol. The summed E-state index contributed by atoms with van der Waals surface area (Å²) in [6.45, 7) is 0. The molecule has 0 saturated heterocycles. The molecule has 26 heavy (non-hydrogen) atoms. The number of halogens is 1. The van der Waals surface area contributed by atoms with E-state index in [1.54, 1.807) is 30.3 Å². The van der Waals surface area contributed by atoms with Crippen molar-refractivity contribution in [3.63, 3.8) is 0 Å². The fourth-order valence-electron chi connectivity index (χ4n) is 3.14. The Bertz CT molecular complexity index is 1070. The normalized spacial score (nSPS) is 16.3. The van der Waals surface area contributed by atoms with Crippen LogP contribution in [0.2, 0.25) is 0 Å². The Labute approximate surface area is 147 Å². The van der Waals surface area contributed by atoms with Crippen LogP contribution in [-0.4, -0.2) is 22.5 Å². The van der Waals surface area contributed by atoms with Crippen molar-refractivity contribution < 1.29 is 23.9 Å². The lowest BCUT2D eigenvalue weighted by Gasteiger charge is -1.96. The average molecular weight is 346 g/mol. The van der Waals surface area contributed by atoms with E-state index >= 15 is 0 Å². The van der Waals surface area contributed by atoms with Gasteiger partial charge in [-0.15, -0.1) is 0 Å². The first-order valence-electron chi connectivity index (χ1n) is 7.83. The Morgan fingerprint density at radius 2 is 1.23 bits per heavy atom. The third-order valence-corrected chi connectivity index (χ3v) is 4.40. The van der Waals surface area contributed by atoms with Gasteiger partial charge in [-0.3, -0.25) is 14.4 Å². The minimum atomic E-state index is -0.961. The summed E-state index contributed by atoms with van der Waals surface area (Å²) >= 11 is 0. The number of carbonyl (C=O) groups excluding carboxylic acids is 3. The van der Waals surface area contributed by atoms with Crippen molar-refractivity contribution in [2.75, 3.05) is 0 Å². The maximum atomic E-state index is 14.4. The monoisotopic (exact) mass is 346 g/mol. The molecule has 2 aromatic carbocycles. The van der Waals surface area contributed by atoms with Gasteiger partial charge < -0.3 is 5.11 Å². The molecule has 0 amide bonds. The Balaban J connectivity index is 1.72. The lowest BCUT2D eigenvalue weighted by Crippen LogP contribution is -2.01. The van der Waals surface area contributed by atoms with E-state index in [9.17, 15) is 23.9 Å². The van der Waals surface area contributed by atoms with E-state index in [-0.39, 0.29) is 33.6 Å². The lowest BCUT2D eigenvalue weighted by atomic mass is 10.1. The second-order valence-corrected chi connectivity index (χ2v) is 5.93. The van der Waals surface area contributed by atoms with Gasteiger partial charge in [-0.25, -0.2) is 4.39 Å². The fourth-order valence-corrected chi connectivity index (χ4v) is 3.14. The number of rotatable bonds is 2. The van der Waals surface area contributed by atoms with Crippen LogP contribution < -0.4 is 0 Å². The molecule has 126 valence electrons. The van der Waals surface area contributed by atoms with E-state index in [1.807, 2.05) is 0 Å². The quantitative estimate of drug-likeness (QED) is 0.659. The minimum Gasteiger partial charge on any atom is -0.507 e. The molecule has 2 aliphatic rings. The van der Waals surface area contributed by atoms with Crippen LogP contribution in [0.5, 0.6) is 0 Å². The molecule has 0 bridgehead atoms. The van der Waals surface area contributed by atoms with Crippen LogP contribution in [0.3, 0.4) is 0 Å². The second kappa shape index (κ2) is 5.74. The molecule has 4 rings (SSSR count). The number of aliphatic hydroxyl groups is 1. The zero-order valence-corrected chi connectivity index (χ0v) is 13.3. The second-order valence-electron chi connectivity index (χ2n) is 5.93. The van der Waals surface area contributed by atoms with Crippen LogP contribution in [0.25, 0.3) is 5.76 Å². The van der Waals surface area contributed by atoms with Crippen LogP contribution in [-0.2, 0) is 0 Å². The third-order valence-electron chi connectivity index (χ3n) is 4.40. The molecular formula is C21H11FO4. The Morgan fingerprint density at radius 3 is 1.73 bits per heavy atom. The van der Waals surface area contributed by atoms with Crippen LogP contribution in [0.4, 0.5) is 4.39 Å². The summed E-state index contributed by atoms with van der Waals surface area (Å²) in [6.07, 6.45) is 1.65. The summed E-state index contributed by atoms with van der Waals surface area (Å²) in [7, 11) is 0. The van der Waals surface area contributed by atoms with Gasteiger partial charge in [-0.2, -0.15) is 0 Å². The van der Waals surface area contributed by atoms with Gasteiger partial charge in [-0.05, 0) is 12.2 Å². The highest BCUT2D eigenvalue weighted by Gasteiger charge is 2.33. The maximum Gasteiger partial charge on any atom is 0.197 e. The molecule has 0 heterocycles. The molecule has 0 fully saturated rings. The number of benzene rings is 2. The standard InChI is InChI=1S/C21H11FO4/c22-11(9-16-18(23)12-5-1-2-6-13(12)19(16)24)10-17-20(25)14-7-3-4-8-15(14)21(17)26/h1-10,23H/b11-9-. The maximum absolute atomic E-state index is 14.4. The Hall–Kier alpha value is -3.60. The molecule has 4 nitrogen and oxygen atoms in total. The van der Waals surface area contributed by atoms with E-state index in [1.165, 1.54) is 18.2 Å². The van der Waals surface area contributed by atoms with Gasteiger partial charge in [0.15, 0.2) is 17.3 Å². The van der Waals surface area contributed by atoms with Crippen LogP contribution in [0, 0.1) is 0 Å². The van der Waals surface area contributed by atoms with Gasteiger partial charge in [0.05, 0.1) is 11.1 Å². The largest absolute Gasteiger partial charge is 0.507 e. The summed E-state index contributed by atoms with van der Waals surface area (Å²) < 4.78 is 14.4. The summed E-state index contributed by atoms with van der Waals surface area (Å²) in [4.78, 5) is 36.9. The highest BCUT2D eigenvalue weighted by Crippen LogP contribution is 2.33. The average Bonchev–Trinajstić information content (AvgIpc) is 3.03. The summed E-state index contributed by atoms with van der Waals surface area (Å²) in [5.41, 5.74) is 0.534. The predicted molar refractivity (Wildman–Crippen MR) is 92.7 cm³/mol. The van der Waals surface area contributed by atoms with Crippen molar-refractivity contribution in [1.82, 2.24) is 0 Å². The zero-order chi connectivity index (χ0) is 18.4. The van der Waals surface area contributed by atoms with Crippen molar-refractivity contribution in [2.45, 2.75) is 0 Å². The first kappa shape index (κ1) is 15.9. The smallest absolute Gasteiger partial charge is 0.197 e. The number of allylic oxidation sites excluding steroid dienone is 5. The number of Topliss-reactive ketones (excluding diaryl/α,β-unsaturated/α-hetero) is 3. The number of ketones is 3. The van der Waals surface area contributed by atoms with Gasteiger partial charge in [-0.1, -0.05) is 48.5 Å². The molecule has 2 aromatic rings. The summed E-state index contributed by atoms with van der Waals surface area (Å²) in [5, 5.41) is 10.2. The van der Waals surface area contributed by atoms with E-state index in [2.05, 4.69) is 0 Å². The summed E-state index contributed by atoms with van der Waals surface area (Å²) in [5.74, 6) is -2.93. The predicted octanol–water partition coefficient (Wildman–Crippen LogP) is 4.01. The molecule has 0 aromatic heterocycles. The van der Waals surface area contributed by atoms with E-state index in [0.29, 0.717) is 5.56 Å². The fraction of sp³-hybridized carbons (Fsp3) is 0. The van der Waals surface area contributed by atoms with Crippen molar-refractivity contribution in [2.24, 2.45) is 0 Å². The molecule has 0 unspecified atom stereocenters. The summed E-state index contributed by atoms with van der Waals surface area (Å²) in [6, 6.07) is 12.6. The van der Waals surface area contributed by atoms with Crippen LogP contribution in [0.15, 0.2) is 77.7 Å². The lowest BCUT2D eigenvalue weighted by molar-refractivity contribution is 0.0986. The highest BCUT2D eigenvalue weighted by atomic mass is 19.1. The zero-order valence-electron chi connectivity index (χ0n) is 13.3. The van der Waals surface area contributed by atoms with E-state index in [4.69, 9.17) is 0 Å². The van der Waals surface area contributed by atoms with Crippen molar-refractivity contribution in [1.29, 1.82) is 0 Å². The van der Waals surface area contributed by atoms with Gasteiger partial charge in [0.1, 0.15) is 11.6 Å². The molecule has 1 N–H and O–H groups in total. The molecule has 5 heteroatoms. The third kappa shape index (κ3) is 2.25. The van der Waals surface area contributed by atoms with Gasteiger partial charge in [0, 0.05) is 22.3 Å². The van der Waals surface area contributed by atoms with Crippen molar-refractivity contribution in [3.8, 4) is 0 Å². The Morgan fingerprint density at radius 1 is 0.769 bits per heavy atom. The number of carbonyl (C=O) groups is 3. The number of hydrogen-bond acceptors (Lipinski definition) is 4. The molecule has 0 radical (unpaired) electrons. The number of aliphatic hydroxyl groups excluding tert-OH is 1.